The average molecular weight is 909 g/mol. The van der Waals surface area contributed by atoms with Crippen molar-refractivity contribution in [2.75, 3.05) is 4.90 Å². The third kappa shape index (κ3) is 5.55. The molecular weight excluding hydrogens is 865 g/mol. The lowest BCUT2D eigenvalue weighted by molar-refractivity contribution is 0.793. The molecule has 15 rings (SSSR count). The first-order valence-corrected chi connectivity index (χ1v) is 25.3. The van der Waals surface area contributed by atoms with E-state index in [-0.39, 0.29) is 0 Å². The number of aromatic nitrogens is 1. The summed E-state index contributed by atoms with van der Waals surface area (Å²) in [7, 11) is 0. The van der Waals surface area contributed by atoms with Gasteiger partial charge in [-0.05, 0) is 146 Å². The number of benzene rings is 10. The smallest absolute Gasteiger partial charge is 0.0746 e. The molecule has 0 radical (unpaired) electrons. The first kappa shape index (κ1) is 39.5. The molecule has 70 heavy (non-hydrogen) atoms. The lowest BCUT2D eigenvalue weighted by Gasteiger charge is -2.36. The van der Waals surface area contributed by atoms with E-state index in [1.165, 1.54) is 114 Å². The van der Waals surface area contributed by atoms with Crippen molar-refractivity contribution in [3.63, 3.8) is 0 Å². The van der Waals surface area contributed by atoms with E-state index in [1.54, 1.807) is 0 Å². The van der Waals surface area contributed by atoms with Crippen LogP contribution in [0.2, 0.25) is 0 Å². The van der Waals surface area contributed by atoms with Crippen LogP contribution in [0.1, 0.15) is 35.1 Å². The fourth-order valence-electron chi connectivity index (χ4n) is 12.6. The Balaban J connectivity index is 0.939. The van der Waals surface area contributed by atoms with Gasteiger partial charge in [-0.3, -0.25) is 0 Å². The van der Waals surface area contributed by atoms with Crippen molar-refractivity contribution >= 4 is 72.4 Å². The van der Waals surface area contributed by atoms with Gasteiger partial charge in [0.15, 0.2) is 0 Å². The molecule has 0 aliphatic heterocycles. The van der Waals surface area contributed by atoms with E-state index in [1.807, 2.05) is 11.3 Å². The Morgan fingerprint density at radius 2 is 0.971 bits per heavy atom. The van der Waals surface area contributed by atoms with Crippen molar-refractivity contribution in [3.05, 3.63) is 263 Å². The number of rotatable bonds is 6. The predicted molar refractivity (Wildman–Crippen MR) is 295 cm³/mol. The first-order valence-electron chi connectivity index (χ1n) is 24.5. The molecular formula is C67H44N2S. The molecule has 3 aliphatic rings. The summed E-state index contributed by atoms with van der Waals surface area (Å²) in [6.07, 6.45) is 7.07. The van der Waals surface area contributed by atoms with Crippen LogP contribution in [0.15, 0.2) is 231 Å². The Morgan fingerprint density at radius 1 is 0.414 bits per heavy atom. The molecule has 0 atom stereocenters. The molecule has 2 nitrogen and oxygen atoms in total. The molecule has 0 unspecified atom stereocenters. The third-order valence-corrected chi connectivity index (χ3v) is 16.6. The van der Waals surface area contributed by atoms with Crippen LogP contribution in [-0.4, -0.2) is 4.57 Å². The molecule has 2 aromatic heterocycles. The van der Waals surface area contributed by atoms with Crippen molar-refractivity contribution in [2.24, 2.45) is 0 Å². The summed E-state index contributed by atoms with van der Waals surface area (Å²) in [6.45, 7) is 0. The molecule has 0 N–H and O–H groups in total. The molecule has 12 aromatic rings. The summed E-state index contributed by atoms with van der Waals surface area (Å²) in [6, 6.07) is 86.3. The lowest BCUT2D eigenvalue weighted by Crippen LogP contribution is -2.28. The summed E-state index contributed by atoms with van der Waals surface area (Å²) in [5.41, 5.74) is 21.8. The van der Waals surface area contributed by atoms with Crippen LogP contribution in [0.25, 0.3) is 94.2 Å². The van der Waals surface area contributed by atoms with E-state index in [2.05, 4.69) is 252 Å². The number of hydrogen-bond acceptors (Lipinski definition) is 2. The number of fused-ring (bicyclic) bond motifs is 16. The number of nitrogens with zero attached hydrogens (tertiary/aromatic N) is 2. The van der Waals surface area contributed by atoms with Gasteiger partial charge >= 0.3 is 0 Å². The summed E-state index contributed by atoms with van der Waals surface area (Å²) in [5.74, 6) is 0. The highest BCUT2D eigenvalue weighted by molar-refractivity contribution is 7.17. The maximum absolute atomic E-state index is 2.52. The topological polar surface area (TPSA) is 8.17 Å². The monoisotopic (exact) mass is 908 g/mol. The second-order valence-electron chi connectivity index (χ2n) is 19.0. The number of para-hydroxylation sites is 2. The third-order valence-electron chi connectivity index (χ3n) is 15.4. The van der Waals surface area contributed by atoms with Crippen LogP contribution in [0.3, 0.4) is 0 Å². The van der Waals surface area contributed by atoms with E-state index in [0.29, 0.717) is 0 Å². The molecule has 0 saturated heterocycles. The van der Waals surface area contributed by atoms with Crippen LogP contribution in [0.4, 0.5) is 17.1 Å². The van der Waals surface area contributed by atoms with Gasteiger partial charge in [0.1, 0.15) is 0 Å². The zero-order chi connectivity index (χ0) is 45.9. The molecule has 10 aromatic carbocycles. The second kappa shape index (κ2) is 15.3. The average Bonchev–Trinajstić information content (AvgIpc) is 4.16. The van der Waals surface area contributed by atoms with E-state index >= 15 is 0 Å². The molecule has 0 saturated carbocycles. The van der Waals surface area contributed by atoms with Gasteiger partial charge < -0.3 is 9.47 Å². The SMILES string of the molecule is C1=c2sc3ccc(-c4ccc(N(c5ccc(-c6cccc7c6c6ccccc6n7-c6ccccc6)cc5)c5cccc6c5C5(c7ccccc7-c7ccccc75)c5ccccc5-6)cc4)cc3c2=CCC1. The molecule has 0 fully saturated rings. The molecule has 0 bridgehead atoms. The molecule has 3 aliphatic carbocycles. The predicted octanol–water partition coefficient (Wildman–Crippen LogP) is 16.5. The molecule has 0 amide bonds. The maximum atomic E-state index is 2.52. The Bertz CT molecular complexity index is 4170. The van der Waals surface area contributed by atoms with E-state index < -0.39 is 5.41 Å². The first-order chi connectivity index (χ1) is 34.7. The normalized spacial score (nSPS) is 13.7. The van der Waals surface area contributed by atoms with E-state index in [0.717, 1.165) is 29.9 Å². The van der Waals surface area contributed by atoms with Crippen LogP contribution in [0.5, 0.6) is 0 Å². The van der Waals surface area contributed by atoms with Gasteiger partial charge in [0, 0.05) is 48.0 Å². The van der Waals surface area contributed by atoms with Crippen molar-refractivity contribution in [2.45, 2.75) is 18.3 Å². The zero-order valence-electron chi connectivity index (χ0n) is 38.3. The van der Waals surface area contributed by atoms with Gasteiger partial charge in [0.05, 0.1) is 22.1 Å². The number of thiophene rings is 1. The Hall–Kier alpha value is -8.50. The minimum atomic E-state index is -0.514. The highest BCUT2D eigenvalue weighted by atomic mass is 32.1. The van der Waals surface area contributed by atoms with Gasteiger partial charge in [-0.1, -0.05) is 176 Å². The second-order valence-corrected chi connectivity index (χ2v) is 20.1. The van der Waals surface area contributed by atoms with Gasteiger partial charge in [-0.25, -0.2) is 0 Å². The van der Waals surface area contributed by atoms with Crippen LogP contribution < -0.4 is 14.7 Å². The molecule has 328 valence electrons. The summed E-state index contributed by atoms with van der Waals surface area (Å²) in [4.78, 5) is 2.52. The minimum absolute atomic E-state index is 0.514. The molecule has 3 heteroatoms. The fraction of sp³-hybridized carbons (Fsp3) is 0.0448. The maximum Gasteiger partial charge on any atom is 0.0746 e. The van der Waals surface area contributed by atoms with Gasteiger partial charge in [0.2, 0.25) is 0 Å². The Kier molecular flexibility index (Phi) is 8.60. The van der Waals surface area contributed by atoms with Gasteiger partial charge in [-0.15, -0.1) is 11.3 Å². The van der Waals surface area contributed by atoms with Crippen molar-refractivity contribution in [1.29, 1.82) is 0 Å². The van der Waals surface area contributed by atoms with E-state index in [9.17, 15) is 0 Å². The number of hydrogen-bond donors (Lipinski definition) is 0. The van der Waals surface area contributed by atoms with Gasteiger partial charge in [0.25, 0.3) is 0 Å². The molecule has 2 heterocycles. The van der Waals surface area contributed by atoms with Gasteiger partial charge in [-0.2, -0.15) is 0 Å². The highest BCUT2D eigenvalue weighted by Crippen LogP contribution is 2.65. The van der Waals surface area contributed by atoms with E-state index in [4.69, 9.17) is 0 Å². The summed E-state index contributed by atoms with van der Waals surface area (Å²) >= 11 is 1.92. The zero-order valence-corrected chi connectivity index (χ0v) is 39.1. The van der Waals surface area contributed by atoms with Crippen molar-refractivity contribution in [3.8, 4) is 50.2 Å². The standard InChI is InChI=1S/C67H44N2S/c1-2-16-46(17-3-1)69-60-28-12-7-22-55(60)65-49(23-14-29-61(65)69)44-34-39-48(40-35-44)68(47-37-32-43(33-38-47)45-36-41-64-56(42-45)53-21-8-13-31-63(53)70-64)62-30-15-24-54-52-20-6-11-27-59(52)67(66(54)62)57-25-9-4-18-50(57)51-19-5-10-26-58(51)67/h1-7,9-12,14-42H,8,13H2. The van der Waals surface area contributed by atoms with Crippen LogP contribution in [-0.2, 0) is 5.41 Å². The lowest BCUT2D eigenvalue weighted by atomic mass is 9.70. The highest BCUT2D eigenvalue weighted by Gasteiger charge is 2.53. The van der Waals surface area contributed by atoms with Crippen molar-refractivity contribution in [1.82, 2.24) is 4.57 Å². The summed E-state index contributed by atoms with van der Waals surface area (Å²) < 4.78 is 5.17. The fourth-order valence-corrected chi connectivity index (χ4v) is 13.7. The Morgan fingerprint density at radius 3 is 1.70 bits per heavy atom. The van der Waals surface area contributed by atoms with Crippen molar-refractivity contribution < 1.29 is 0 Å². The summed E-state index contributed by atoms with van der Waals surface area (Å²) in [5, 5.41) is 5.28. The van der Waals surface area contributed by atoms with Crippen LogP contribution >= 0.6 is 11.3 Å². The van der Waals surface area contributed by atoms with Crippen LogP contribution in [0, 0.1) is 0 Å². The quantitative estimate of drug-likeness (QED) is 0.161. The largest absolute Gasteiger partial charge is 0.310 e. The minimum Gasteiger partial charge on any atom is -0.310 e. The Labute approximate surface area is 410 Å². The molecule has 1 spiro atoms. The number of anilines is 3.